The molecule has 0 unspecified atom stereocenters. The molecule has 0 bridgehead atoms. The first kappa shape index (κ1) is 7.47. The first-order valence-electron chi connectivity index (χ1n) is 1.52. The van der Waals surface area contributed by atoms with Crippen LogP contribution in [0.2, 0.25) is 0 Å². The van der Waals surface area contributed by atoms with Crippen molar-refractivity contribution in [2.75, 3.05) is 0 Å². The van der Waals surface area contributed by atoms with E-state index < -0.39 is 0 Å². The van der Waals surface area contributed by atoms with Gasteiger partial charge >= 0.3 is 0 Å². The fraction of sp³-hybridized carbons (Fsp3) is 0. The van der Waals surface area contributed by atoms with Crippen LogP contribution < -0.4 is 0 Å². The molecule has 0 amide bonds. The molecular weight excluding hydrogens is 180 g/mol. The van der Waals surface area contributed by atoms with Crippen LogP contribution in [0.1, 0.15) is 0 Å². The van der Waals surface area contributed by atoms with E-state index in [-0.39, 0.29) is 19.5 Å². The van der Waals surface area contributed by atoms with E-state index in [0.29, 0.717) is 0 Å². The maximum Gasteiger partial charge on any atom is 0.158 e. The number of aromatic amines is 1. The second-order valence-corrected chi connectivity index (χ2v) is 2.44. The Bertz CT molecular complexity index is 151. The molecule has 1 N–H and O–H groups in total. The summed E-state index contributed by atoms with van der Waals surface area (Å²) in [5.74, 6) is 0. The molecule has 1 aromatic rings. The summed E-state index contributed by atoms with van der Waals surface area (Å²) in [5, 5.41) is 1.92. The van der Waals surface area contributed by atoms with Crippen LogP contribution in [-0.2, 0) is 19.5 Å². The van der Waals surface area contributed by atoms with Crippen LogP contribution >= 0.6 is 23.6 Å². The van der Waals surface area contributed by atoms with Gasteiger partial charge < -0.3 is 4.98 Å². The minimum Gasteiger partial charge on any atom is -0.344 e. The van der Waals surface area contributed by atoms with Crippen molar-refractivity contribution < 1.29 is 19.5 Å². The molecule has 1 rings (SSSR count). The van der Waals surface area contributed by atoms with Crippen LogP contribution in [0.5, 0.6) is 0 Å². The number of nitrogens with one attached hydrogen (secondary N) is 1. The normalized spacial score (nSPS) is 7.43. The second-order valence-electron chi connectivity index (χ2n) is 0.852. The number of hydrogen-bond acceptors (Lipinski definition) is 2. The first-order valence-corrected chi connectivity index (χ1v) is 2.80. The van der Waals surface area contributed by atoms with E-state index in [4.69, 9.17) is 12.2 Å². The molecule has 0 spiro atoms. The number of hydrogen-bond donors (Lipinski definition) is 1. The van der Waals surface area contributed by atoms with Crippen LogP contribution in [0.4, 0.5) is 0 Å². The smallest absolute Gasteiger partial charge is 0.158 e. The molecule has 1 aromatic heterocycles. The predicted octanol–water partition coefficient (Wildman–Crippen LogP) is 1.80. The fourth-order valence-electron chi connectivity index (χ4n) is 0.232. The molecule has 0 aromatic carbocycles. The predicted molar refractivity (Wildman–Crippen MR) is 29.5 cm³/mol. The Morgan fingerprint density at radius 3 is 2.57 bits per heavy atom. The van der Waals surface area contributed by atoms with Crippen molar-refractivity contribution in [3.05, 3.63) is 15.5 Å². The topological polar surface area (TPSA) is 15.8 Å². The van der Waals surface area contributed by atoms with Crippen molar-refractivity contribution >= 4 is 23.6 Å². The minimum atomic E-state index is 0. The van der Waals surface area contributed by atoms with Crippen LogP contribution in [0.25, 0.3) is 0 Å². The van der Waals surface area contributed by atoms with Crippen LogP contribution in [0.3, 0.4) is 0 Å². The molecule has 1 nitrogen and oxygen atoms in total. The van der Waals surface area contributed by atoms with Gasteiger partial charge in [0.15, 0.2) is 3.95 Å². The third-order valence-electron chi connectivity index (χ3n) is 0.444. The average molecular weight is 183 g/mol. The zero-order valence-electron chi connectivity index (χ0n) is 3.68. The van der Waals surface area contributed by atoms with Crippen molar-refractivity contribution in [1.29, 1.82) is 0 Å². The fourth-order valence-corrected chi connectivity index (χ4v) is 0.862. The number of H-pyrrole nitrogens is 1. The summed E-state index contributed by atoms with van der Waals surface area (Å²) in [6.07, 6.45) is 1.83. The van der Waals surface area contributed by atoms with Crippen LogP contribution in [0, 0.1) is 3.95 Å². The summed E-state index contributed by atoms with van der Waals surface area (Å²) in [7, 11) is 0. The van der Waals surface area contributed by atoms with Crippen molar-refractivity contribution in [1.82, 2.24) is 4.98 Å². The van der Waals surface area contributed by atoms with E-state index in [1.807, 2.05) is 11.6 Å². The van der Waals surface area contributed by atoms with Gasteiger partial charge in [0.2, 0.25) is 0 Å². The maximum atomic E-state index is 4.71. The van der Waals surface area contributed by atoms with Gasteiger partial charge in [-0.2, -0.15) is 0 Å². The van der Waals surface area contributed by atoms with E-state index in [9.17, 15) is 0 Å². The van der Waals surface area contributed by atoms with Gasteiger partial charge in [0.05, 0.1) is 0 Å². The minimum absolute atomic E-state index is 0. The molecule has 0 radical (unpaired) electrons. The van der Waals surface area contributed by atoms with Gasteiger partial charge in [-0.05, 0) is 12.2 Å². The Kier molecular flexibility index (Phi) is 3.71. The summed E-state index contributed by atoms with van der Waals surface area (Å²) in [6.45, 7) is 0. The van der Waals surface area contributed by atoms with Crippen LogP contribution in [-0.4, -0.2) is 4.98 Å². The molecule has 0 saturated heterocycles. The molecule has 0 saturated carbocycles. The quantitative estimate of drug-likeness (QED) is 0.478. The van der Waals surface area contributed by atoms with E-state index in [0.717, 1.165) is 3.95 Å². The van der Waals surface area contributed by atoms with Gasteiger partial charge in [-0.15, -0.1) is 11.3 Å². The third-order valence-corrected chi connectivity index (χ3v) is 1.45. The molecule has 0 aliphatic heterocycles. The first-order chi connectivity index (χ1) is 2.89. The SMILES string of the molecule is S=c1[nH]ccs1.[Zn]. The summed E-state index contributed by atoms with van der Waals surface area (Å²) in [6, 6.07) is 0. The summed E-state index contributed by atoms with van der Waals surface area (Å²) >= 11 is 6.25. The van der Waals surface area contributed by atoms with Gasteiger partial charge in [-0.1, -0.05) is 0 Å². The van der Waals surface area contributed by atoms with E-state index in [1.54, 1.807) is 0 Å². The molecule has 7 heavy (non-hydrogen) atoms. The van der Waals surface area contributed by atoms with E-state index in [1.165, 1.54) is 11.3 Å². The number of thiazole rings is 1. The van der Waals surface area contributed by atoms with E-state index >= 15 is 0 Å². The van der Waals surface area contributed by atoms with Gasteiger partial charge in [0.1, 0.15) is 0 Å². The molecule has 0 atom stereocenters. The molecule has 4 heteroatoms. The van der Waals surface area contributed by atoms with Crippen molar-refractivity contribution in [3.8, 4) is 0 Å². The Morgan fingerprint density at radius 1 is 1.71 bits per heavy atom. The average Bonchev–Trinajstić information content (AvgIpc) is 1.86. The Labute approximate surface area is 63.5 Å². The molecule has 0 fully saturated rings. The van der Waals surface area contributed by atoms with Crippen LogP contribution in [0.15, 0.2) is 11.6 Å². The molecular formula is C3H3NS2Zn. The summed E-state index contributed by atoms with van der Waals surface area (Å²) < 4.78 is 0.843. The Balaban J connectivity index is 0.000000360. The third kappa shape index (κ3) is 2.32. The van der Waals surface area contributed by atoms with Crippen molar-refractivity contribution in [3.63, 3.8) is 0 Å². The molecule has 0 aliphatic rings. The summed E-state index contributed by atoms with van der Waals surface area (Å²) in [5.41, 5.74) is 0. The van der Waals surface area contributed by atoms with Gasteiger partial charge in [0.25, 0.3) is 0 Å². The van der Waals surface area contributed by atoms with Crippen molar-refractivity contribution in [2.45, 2.75) is 0 Å². The Morgan fingerprint density at radius 2 is 2.43 bits per heavy atom. The largest absolute Gasteiger partial charge is 0.344 e. The maximum absolute atomic E-state index is 4.71. The molecule has 0 aliphatic carbocycles. The second kappa shape index (κ2) is 3.47. The van der Waals surface area contributed by atoms with E-state index in [2.05, 4.69) is 4.98 Å². The molecule has 34 valence electrons. The van der Waals surface area contributed by atoms with Crippen molar-refractivity contribution in [2.24, 2.45) is 0 Å². The number of rotatable bonds is 0. The monoisotopic (exact) mass is 181 g/mol. The summed E-state index contributed by atoms with van der Waals surface area (Å²) in [4.78, 5) is 2.83. The standard InChI is InChI=1S/C3H3NS2.Zn/c5-3-4-1-2-6-3;/h1-2H,(H,4,5);. The van der Waals surface area contributed by atoms with Gasteiger partial charge in [-0.25, -0.2) is 0 Å². The van der Waals surface area contributed by atoms with Gasteiger partial charge in [0, 0.05) is 31.1 Å². The Hall–Kier alpha value is 0.473. The zero-order valence-corrected chi connectivity index (χ0v) is 8.28. The zero-order chi connectivity index (χ0) is 4.41. The van der Waals surface area contributed by atoms with Gasteiger partial charge in [-0.3, -0.25) is 0 Å². The number of aromatic nitrogens is 1. The molecule has 1 heterocycles.